The molecular weight excluding hydrogens is 260 g/mol. The van der Waals surface area contributed by atoms with Crippen molar-refractivity contribution in [2.75, 3.05) is 11.5 Å². The second-order valence-corrected chi connectivity index (χ2v) is 10.5. The fourth-order valence-corrected chi connectivity index (χ4v) is 4.10. The molecule has 0 unspecified atom stereocenters. The van der Waals surface area contributed by atoms with Crippen molar-refractivity contribution in [1.29, 1.82) is 5.26 Å². The Labute approximate surface area is 122 Å². The number of rotatable bonds is 4. The van der Waals surface area contributed by atoms with Gasteiger partial charge in [-0.25, -0.2) is 0 Å². The van der Waals surface area contributed by atoms with Gasteiger partial charge in [-0.2, -0.15) is 5.26 Å². The number of nitrogens with one attached hydrogen (secondary N) is 1. The van der Waals surface area contributed by atoms with Crippen LogP contribution in [0.25, 0.3) is 0 Å². The lowest BCUT2D eigenvalue weighted by molar-refractivity contribution is 1.35. The first-order valence-corrected chi connectivity index (χ1v) is 10.0. The van der Waals surface area contributed by atoms with Crippen molar-refractivity contribution in [3.8, 4) is 6.07 Å². The van der Waals surface area contributed by atoms with Crippen LogP contribution in [0, 0.1) is 18.3 Å². The largest absolute Gasteiger partial charge is 0.388 e. The average Bonchev–Trinajstić information content (AvgIpc) is 2.45. The van der Waals surface area contributed by atoms with E-state index in [4.69, 9.17) is 5.26 Å². The second kappa shape index (κ2) is 5.94. The van der Waals surface area contributed by atoms with Gasteiger partial charge in [-0.15, -0.1) is 0 Å². The zero-order valence-corrected chi connectivity index (χ0v) is 13.3. The lowest BCUT2D eigenvalue weighted by Gasteiger charge is -2.24. The first-order valence-electron chi connectivity index (χ1n) is 6.82. The SMILES string of the molecule is Cc1cccc(NC[Si](C)(C)c2ccc(C#N)cc2)c1. The summed E-state index contributed by atoms with van der Waals surface area (Å²) in [5, 5.41) is 13.8. The summed E-state index contributed by atoms with van der Waals surface area (Å²) in [7, 11) is -1.54. The number of benzene rings is 2. The van der Waals surface area contributed by atoms with E-state index < -0.39 is 8.07 Å². The van der Waals surface area contributed by atoms with Crippen LogP contribution in [0.2, 0.25) is 13.1 Å². The number of aryl methyl sites for hydroxylation is 1. The maximum atomic E-state index is 8.86. The zero-order valence-electron chi connectivity index (χ0n) is 12.3. The van der Waals surface area contributed by atoms with E-state index in [1.54, 1.807) is 0 Å². The van der Waals surface area contributed by atoms with Gasteiger partial charge in [0.2, 0.25) is 0 Å². The lowest BCUT2D eigenvalue weighted by Crippen LogP contribution is -2.48. The third-order valence-electron chi connectivity index (χ3n) is 3.55. The predicted octanol–water partition coefficient (Wildman–Crippen LogP) is 3.43. The summed E-state index contributed by atoms with van der Waals surface area (Å²) in [6.07, 6.45) is 0.988. The van der Waals surface area contributed by atoms with Gasteiger partial charge in [0.25, 0.3) is 0 Å². The molecule has 0 fully saturated rings. The van der Waals surface area contributed by atoms with Gasteiger partial charge >= 0.3 is 0 Å². The van der Waals surface area contributed by atoms with Crippen LogP contribution in [0.3, 0.4) is 0 Å². The van der Waals surface area contributed by atoms with Gasteiger partial charge in [0.1, 0.15) is 8.07 Å². The zero-order chi connectivity index (χ0) is 14.6. The Morgan fingerprint density at radius 1 is 1.10 bits per heavy atom. The van der Waals surface area contributed by atoms with Crippen LogP contribution >= 0.6 is 0 Å². The molecule has 0 atom stereocenters. The molecule has 0 spiro atoms. The molecule has 0 radical (unpaired) electrons. The summed E-state index contributed by atoms with van der Waals surface area (Å²) in [5.74, 6) is 0. The third-order valence-corrected chi connectivity index (χ3v) is 6.50. The molecule has 20 heavy (non-hydrogen) atoms. The molecule has 0 aromatic heterocycles. The highest BCUT2D eigenvalue weighted by Crippen LogP contribution is 2.12. The van der Waals surface area contributed by atoms with Crippen LogP contribution in [0.4, 0.5) is 5.69 Å². The van der Waals surface area contributed by atoms with E-state index in [1.165, 1.54) is 16.4 Å². The highest BCUT2D eigenvalue weighted by Gasteiger charge is 2.23. The van der Waals surface area contributed by atoms with Crippen LogP contribution in [0.1, 0.15) is 11.1 Å². The van der Waals surface area contributed by atoms with E-state index in [0.717, 1.165) is 11.7 Å². The minimum Gasteiger partial charge on any atom is -0.388 e. The van der Waals surface area contributed by atoms with Gasteiger partial charge in [-0.3, -0.25) is 0 Å². The van der Waals surface area contributed by atoms with E-state index in [2.05, 4.69) is 67.8 Å². The monoisotopic (exact) mass is 280 g/mol. The summed E-state index contributed by atoms with van der Waals surface area (Å²) in [6, 6.07) is 18.7. The Morgan fingerprint density at radius 2 is 1.80 bits per heavy atom. The van der Waals surface area contributed by atoms with Gasteiger partial charge in [-0.05, 0) is 36.8 Å². The topological polar surface area (TPSA) is 35.8 Å². The maximum Gasteiger partial charge on any atom is 0.101 e. The van der Waals surface area contributed by atoms with Gasteiger partial charge in [0.05, 0.1) is 11.6 Å². The molecule has 0 aliphatic rings. The normalized spacial score (nSPS) is 10.9. The summed E-state index contributed by atoms with van der Waals surface area (Å²) in [5.41, 5.74) is 3.18. The molecule has 0 aliphatic carbocycles. The number of hydrogen-bond acceptors (Lipinski definition) is 2. The first kappa shape index (κ1) is 14.4. The quantitative estimate of drug-likeness (QED) is 0.871. The van der Waals surface area contributed by atoms with Gasteiger partial charge in [0, 0.05) is 11.9 Å². The Kier molecular flexibility index (Phi) is 4.26. The van der Waals surface area contributed by atoms with Crippen molar-refractivity contribution in [3.63, 3.8) is 0 Å². The number of nitriles is 1. The van der Waals surface area contributed by atoms with Crippen LogP contribution in [0.15, 0.2) is 48.5 Å². The highest BCUT2D eigenvalue weighted by molar-refractivity contribution is 6.90. The Bertz CT molecular complexity index is 624. The fourth-order valence-electron chi connectivity index (χ4n) is 2.18. The maximum absolute atomic E-state index is 8.86. The molecule has 0 heterocycles. The third kappa shape index (κ3) is 3.49. The van der Waals surface area contributed by atoms with Crippen molar-refractivity contribution in [2.45, 2.75) is 20.0 Å². The molecule has 0 saturated heterocycles. The molecule has 2 aromatic rings. The van der Waals surface area contributed by atoms with Crippen LogP contribution in [-0.2, 0) is 0 Å². The standard InChI is InChI=1S/C17H20N2Si/c1-14-5-4-6-16(11-14)19-13-20(2,3)17-9-7-15(12-18)8-10-17/h4-11,19H,13H2,1-3H3. The van der Waals surface area contributed by atoms with Crippen LogP contribution < -0.4 is 10.5 Å². The van der Waals surface area contributed by atoms with E-state index in [-0.39, 0.29) is 0 Å². The first-order chi connectivity index (χ1) is 9.51. The van der Waals surface area contributed by atoms with E-state index >= 15 is 0 Å². The molecule has 0 aliphatic heterocycles. The summed E-state index contributed by atoms with van der Waals surface area (Å²) < 4.78 is 0. The molecule has 2 nitrogen and oxygen atoms in total. The average molecular weight is 280 g/mol. The molecule has 2 aromatic carbocycles. The van der Waals surface area contributed by atoms with Gasteiger partial charge in [-0.1, -0.05) is 42.5 Å². The molecular formula is C17H20N2Si. The molecule has 102 valence electrons. The number of anilines is 1. The minimum absolute atomic E-state index is 0.727. The molecule has 2 rings (SSSR count). The molecule has 0 saturated carbocycles. The highest BCUT2D eigenvalue weighted by atomic mass is 28.3. The van der Waals surface area contributed by atoms with Crippen molar-refractivity contribution in [3.05, 3.63) is 59.7 Å². The van der Waals surface area contributed by atoms with Crippen molar-refractivity contribution >= 4 is 18.9 Å². The van der Waals surface area contributed by atoms with Crippen molar-refractivity contribution in [2.24, 2.45) is 0 Å². The van der Waals surface area contributed by atoms with Crippen molar-refractivity contribution < 1.29 is 0 Å². The lowest BCUT2D eigenvalue weighted by atomic mass is 10.2. The Hall–Kier alpha value is -2.05. The second-order valence-electron chi connectivity index (χ2n) is 5.80. The molecule has 0 bridgehead atoms. The van der Waals surface area contributed by atoms with E-state index in [9.17, 15) is 0 Å². The smallest absolute Gasteiger partial charge is 0.101 e. The fraction of sp³-hybridized carbons (Fsp3) is 0.235. The van der Waals surface area contributed by atoms with E-state index in [1.807, 2.05) is 12.1 Å². The van der Waals surface area contributed by atoms with Crippen LogP contribution in [-0.4, -0.2) is 14.2 Å². The Morgan fingerprint density at radius 3 is 2.40 bits per heavy atom. The van der Waals surface area contributed by atoms with Crippen LogP contribution in [0.5, 0.6) is 0 Å². The van der Waals surface area contributed by atoms with Gasteiger partial charge < -0.3 is 5.32 Å². The summed E-state index contributed by atoms with van der Waals surface area (Å²) in [4.78, 5) is 0. The summed E-state index contributed by atoms with van der Waals surface area (Å²) in [6.45, 7) is 6.79. The molecule has 3 heteroatoms. The number of nitrogens with zero attached hydrogens (tertiary/aromatic N) is 1. The molecule has 0 amide bonds. The van der Waals surface area contributed by atoms with Gasteiger partial charge in [0.15, 0.2) is 0 Å². The van der Waals surface area contributed by atoms with Crippen molar-refractivity contribution in [1.82, 2.24) is 0 Å². The molecule has 1 N–H and O–H groups in total. The summed E-state index contributed by atoms with van der Waals surface area (Å²) >= 11 is 0. The number of hydrogen-bond donors (Lipinski definition) is 1. The predicted molar refractivity (Wildman–Crippen MR) is 87.9 cm³/mol. The Balaban J connectivity index is 2.08. The van der Waals surface area contributed by atoms with E-state index in [0.29, 0.717) is 0 Å². The minimum atomic E-state index is -1.54.